The molecule has 2 atom stereocenters. The van der Waals surface area contributed by atoms with E-state index in [0.717, 1.165) is 17.9 Å². The summed E-state index contributed by atoms with van der Waals surface area (Å²) in [7, 11) is 2.54. The molecule has 8 heteroatoms. The number of carbonyl (C=O) groups excluding carboxylic acids is 3. The van der Waals surface area contributed by atoms with Crippen molar-refractivity contribution in [2.75, 3.05) is 32.6 Å². The first-order valence-corrected chi connectivity index (χ1v) is 9.84. The van der Waals surface area contributed by atoms with Crippen LogP contribution >= 0.6 is 11.3 Å². The van der Waals surface area contributed by atoms with Crippen molar-refractivity contribution in [1.82, 2.24) is 0 Å². The Morgan fingerprint density at radius 1 is 1.18 bits per heavy atom. The Morgan fingerprint density at radius 2 is 1.93 bits per heavy atom. The molecule has 1 aromatic heterocycles. The van der Waals surface area contributed by atoms with Crippen LogP contribution in [0.5, 0.6) is 0 Å². The quantitative estimate of drug-likeness (QED) is 0.739. The molecule has 1 aliphatic rings. The number of fused-ring (bicyclic) bond motifs is 1. The maximum absolute atomic E-state index is 12.7. The normalized spacial score (nSPS) is 18.1. The van der Waals surface area contributed by atoms with Crippen LogP contribution in [0.15, 0.2) is 29.6 Å². The lowest BCUT2D eigenvalue weighted by Gasteiger charge is -2.30. The minimum absolute atomic E-state index is 0.185. The number of methoxy groups -OCH3 is 2. The first-order chi connectivity index (χ1) is 13.4. The van der Waals surface area contributed by atoms with Crippen LogP contribution in [0.4, 0.5) is 5.69 Å². The van der Waals surface area contributed by atoms with Crippen molar-refractivity contribution in [1.29, 1.82) is 0 Å². The van der Waals surface area contributed by atoms with Gasteiger partial charge in [0.25, 0.3) is 5.91 Å². The first-order valence-electron chi connectivity index (χ1n) is 8.96. The lowest BCUT2D eigenvalue weighted by Crippen LogP contribution is -3.14. The molecule has 0 spiro atoms. The molecular weight excluding hydrogens is 380 g/mol. The van der Waals surface area contributed by atoms with Crippen molar-refractivity contribution >= 4 is 34.9 Å². The van der Waals surface area contributed by atoms with Gasteiger partial charge in [-0.1, -0.05) is 0 Å². The van der Waals surface area contributed by atoms with E-state index in [2.05, 4.69) is 23.7 Å². The summed E-state index contributed by atoms with van der Waals surface area (Å²) < 4.78 is 9.49. The predicted molar refractivity (Wildman–Crippen MR) is 105 cm³/mol. The second-order valence-electron chi connectivity index (χ2n) is 6.65. The number of esters is 2. The highest BCUT2D eigenvalue weighted by Gasteiger charge is 2.30. The Morgan fingerprint density at radius 3 is 2.64 bits per heavy atom. The van der Waals surface area contributed by atoms with Crippen molar-refractivity contribution in [2.24, 2.45) is 0 Å². The molecule has 148 valence electrons. The molecule has 2 N–H and O–H groups in total. The highest BCUT2D eigenvalue weighted by Crippen LogP contribution is 2.24. The van der Waals surface area contributed by atoms with Gasteiger partial charge in [-0.25, -0.2) is 9.59 Å². The van der Waals surface area contributed by atoms with Gasteiger partial charge < -0.3 is 19.7 Å². The molecule has 1 unspecified atom stereocenters. The molecule has 2 aromatic rings. The summed E-state index contributed by atoms with van der Waals surface area (Å²) in [5, 5.41) is 4.85. The number of benzene rings is 1. The monoisotopic (exact) mass is 403 g/mol. The Balaban J connectivity index is 1.77. The van der Waals surface area contributed by atoms with Gasteiger partial charge in [0.1, 0.15) is 6.04 Å². The van der Waals surface area contributed by atoms with Crippen LogP contribution in [0.25, 0.3) is 0 Å². The van der Waals surface area contributed by atoms with E-state index in [1.165, 1.54) is 42.9 Å². The topological polar surface area (TPSA) is 86.1 Å². The molecule has 0 fully saturated rings. The summed E-state index contributed by atoms with van der Waals surface area (Å²) in [6, 6.07) is 6.69. The molecule has 2 heterocycles. The van der Waals surface area contributed by atoms with Crippen molar-refractivity contribution in [2.45, 2.75) is 19.4 Å². The summed E-state index contributed by atoms with van der Waals surface area (Å²) >= 11 is 1.76. The average molecular weight is 403 g/mol. The van der Waals surface area contributed by atoms with Crippen molar-refractivity contribution in [3.63, 3.8) is 0 Å². The molecule has 1 aliphatic heterocycles. The third kappa shape index (κ3) is 4.07. The van der Waals surface area contributed by atoms with Crippen LogP contribution in [-0.4, -0.2) is 45.2 Å². The predicted octanol–water partition coefficient (Wildman–Crippen LogP) is 1.46. The molecule has 0 radical (unpaired) electrons. The minimum Gasteiger partial charge on any atom is -0.465 e. The van der Waals surface area contributed by atoms with Gasteiger partial charge in [-0.3, -0.25) is 4.79 Å². The maximum atomic E-state index is 12.7. The summed E-state index contributed by atoms with van der Waals surface area (Å²) in [5.41, 5.74) is 1.96. The minimum atomic E-state index is -0.590. The number of hydrogen-bond acceptors (Lipinski definition) is 6. The van der Waals surface area contributed by atoms with Gasteiger partial charge in [-0.05, 0) is 36.6 Å². The standard InChI is InChI=1S/C20H22N2O5S/c1-12-14-7-9-28-17(14)6-8-22(12)11-18(23)21-16-10-13(19(24)26-2)4-5-15(16)20(25)27-3/h4-5,7,9-10,12H,6,8,11H2,1-3H3,(H,21,23)/p+1/t12-/m1/s1. The third-order valence-corrected chi connectivity index (χ3v) is 6.04. The highest BCUT2D eigenvalue weighted by atomic mass is 32.1. The molecule has 0 bridgehead atoms. The Kier molecular flexibility index (Phi) is 6.11. The zero-order valence-electron chi connectivity index (χ0n) is 16.0. The number of carbonyl (C=O) groups is 3. The molecule has 0 aliphatic carbocycles. The molecular formula is C20H23N2O5S+. The van der Waals surface area contributed by atoms with Crippen molar-refractivity contribution in [3.8, 4) is 0 Å². The highest BCUT2D eigenvalue weighted by molar-refractivity contribution is 7.10. The number of hydrogen-bond donors (Lipinski definition) is 2. The van der Waals surface area contributed by atoms with Crippen LogP contribution in [0, 0.1) is 0 Å². The largest absolute Gasteiger partial charge is 0.465 e. The van der Waals surface area contributed by atoms with Crippen LogP contribution < -0.4 is 10.2 Å². The van der Waals surface area contributed by atoms with Gasteiger partial charge in [-0.15, -0.1) is 11.3 Å². The van der Waals surface area contributed by atoms with Gasteiger partial charge in [0, 0.05) is 16.9 Å². The SMILES string of the molecule is COC(=O)c1ccc(C(=O)OC)c(NC(=O)C[NH+]2CCc3sccc3[C@H]2C)c1. The number of amides is 1. The van der Waals surface area contributed by atoms with Crippen LogP contribution in [0.1, 0.15) is 44.1 Å². The summed E-state index contributed by atoms with van der Waals surface area (Å²) in [5.74, 6) is -1.37. The molecule has 0 saturated carbocycles. The average Bonchev–Trinajstić information content (AvgIpc) is 3.18. The molecule has 28 heavy (non-hydrogen) atoms. The lowest BCUT2D eigenvalue weighted by molar-refractivity contribution is -0.923. The van der Waals surface area contributed by atoms with E-state index in [0.29, 0.717) is 0 Å². The molecule has 3 rings (SSSR count). The van der Waals surface area contributed by atoms with Gasteiger partial charge >= 0.3 is 11.9 Å². The summed E-state index contributed by atoms with van der Waals surface area (Å²) in [4.78, 5) is 39.1. The number of anilines is 1. The van der Waals surface area contributed by atoms with Gasteiger partial charge in [-0.2, -0.15) is 0 Å². The van der Waals surface area contributed by atoms with E-state index in [-0.39, 0.29) is 35.3 Å². The molecule has 1 aromatic carbocycles. The zero-order chi connectivity index (χ0) is 20.3. The number of ether oxygens (including phenoxy) is 2. The number of thiophene rings is 1. The molecule has 7 nitrogen and oxygen atoms in total. The fourth-order valence-corrected chi connectivity index (χ4v) is 4.45. The van der Waals surface area contributed by atoms with E-state index in [4.69, 9.17) is 9.47 Å². The number of rotatable bonds is 5. The van der Waals surface area contributed by atoms with Gasteiger partial charge in [0.2, 0.25) is 0 Å². The number of nitrogens with one attached hydrogen (secondary N) is 2. The van der Waals surface area contributed by atoms with Gasteiger partial charge in [0.15, 0.2) is 6.54 Å². The fraction of sp³-hybridized carbons (Fsp3) is 0.350. The van der Waals surface area contributed by atoms with Crippen LogP contribution in [-0.2, 0) is 20.7 Å². The first kappa shape index (κ1) is 20.0. The van der Waals surface area contributed by atoms with Crippen LogP contribution in [0.3, 0.4) is 0 Å². The Labute approximate surface area is 167 Å². The lowest BCUT2D eigenvalue weighted by atomic mass is 10.0. The van der Waals surface area contributed by atoms with Crippen molar-refractivity contribution in [3.05, 3.63) is 51.2 Å². The Bertz CT molecular complexity index is 908. The fourth-order valence-electron chi connectivity index (χ4n) is 3.47. The number of quaternary nitrogens is 1. The third-order valence-electron chi connectivity index (χ3n) is 5.04. The second kappa shape index (κ2) is 8.53. The maximum Gasteiger partial charge on any atom is 0.339 e. The molecule has 1 amide bonds. The van der Waals surface area contributed by atoms with E-state index in [9.17, 15) is 14.4 Å². The zero-order valence-corrected chi connectivity index (χ0v) is 16.9. The van der Waals surface area contributed by atoms with Crippen LogP contribution in [0.2, 0.25) is 0 Å². The van der Waals surface area contributed by atoms with E-state index >= 15 is 0 Å². The van der Waals surface area contributed by atoms with E-state index in [1.54, 1.807) is 11.3 Å². The van der Waals surface area contributed by atoms with Gasteiger partial charge in [0.05, 0.1) is 37.6 Å². The smallest absolute Gasteiger partial charge is 0.339 e. The summed E-state index contributed by atoms with van der Waals surface area (Å²) in [6.07, 6.45) is 0.950. The second-order valence-corrected chi connectivity index (χ2v) is 7.65. The van der Waals surface area contributed by atoms with E-state index in [1.807, 2.05) is 0 Å². The summed E-state index contributed by atoms with van der Waals surface area (Å²) in [6.45, 7) is 3.25. The Hall–Kier alpha value is -2.71. The van der Waals surface area contributed by atoms with E-state index < -0.39 is 11.9 Å². The van der Waals surface area contributed by atoms with Crippen molar-refractivity contribution < 1.29 is 28.8 Å². The molecule has 0 saturated heterocycles.